The van der Waals surface area contributed by atoms with Crippen molar-refractivity contribution in [2.45, 2.75) is 33.1 Å². The Bertz CT molecular complexity index is 357. The second-order valence-electron chi connectivity index (χ2n) is 4.56. The minimum Gasteiger partial charge on any atom is -0.330 e. The van der Waals surface area contributed by atoms with Crippen LogP contribution in [-0.2, 0) is 4.79 Å². The smallest absolute Gasteiger partial charge is 0.223 e. The molecule has 1 amide bonds. The van der Waals surface area contributed by atoms with E-state index in [-0.39, 0.29) is 5.91 Å². The molecule has 0 heterocycles. The molecule has 0 bridgehead atoms. The van der Waals surface area contributed by atoms with E-state index in [1.165, 1.54) is 5.56 Å². The first-order valence-electron chi connectivity index (χ1n) is 6.14. The lowest BCUT2D eigenvalue weighted by molar-refractivity contribution is -0.116. The Labute approximate surface area is 104 Å². The average molecular weight is 234 g/mol. The number of hydrogen-bond donors (Lipinski definition) is 1. The standard InChI is InChI=1S/C14H22N2O/c1-11(2)13-5-7-14(8-6-13)16(12(3)17)10-4-9-15/h5-8,11H,4,9-10,15H2,1-3H3. The van der Waals surface area contributed by atoms with Crippen LogP contribution in [-0.4, -0.2) is 19.0 Å². The van der Waals surface area contributed by atoms with Crippen LogP contribution >= 0.6 is 0 Å². The normalized spacial score (nSPS) is 10.6. The summed E-state index contributed by atoms with van der Waals surface area (Å²) in [6.07, 6.45) is 0.825. The lowest BCUT2D eigenvalue weighted by atomic mass is 10.0. The fourth-order valence-corrected chi connectivity index (χ4v) is 1.76. The molecule has 3 heteroatoms. The maximum Gasteiger partial charge on any atom is 0.223 e. The van der Waals surface area contributed by atoms with Gasteiger partial charge in [0.15, 0.2) is 0 Å². The molecule has 0 aromatic heterocycles. The number of hydrogen-bond acceptors (Lipinski definition) is 2. The van der Waals surface area contributed by atoms with Gasteiger partial charge in [-0.15, -0.1) is 0 Å². The summed E-state index contributed by atoms with van der Waals surface area (Å²) in [5.41, 5.74) is 7.72. The number of carbonyl (C=O) groups excluding carboxylic acids is 1. The highest BCUT2D eigenvalue weighted by Crippen LogP contribution is 2.20. The quantitative estimate of drug-likeness (QED) is 0.851. The van der Waals surface area contributed by atoms with Crippen molar-refractivity contribution in [1.82, 2.24) is 0 Å². The van der Waals surface area contributed by atoms with E-state index in [0.29, 0.717) is 19.0 Å². The molecule has 0 unspecified atom stereocenters. The SMILES string of the molecule is CC(=O)N(CCCN)c1ccc(C(C)C)cc1. The van der Waals surface area contributed by atoms with E-state index in [9.17, 15) is 4.79 Å². The average Bonchev–Trinajstić information content (AvgIpc) is 2.29. The summed E-state index contributed by atoms with van der Waals surface area (Å²) in [6, 6.07) is 8.18. The van der Waals surface area contributed by atoms with Gasteiger partial charge in [-0.1, -0.05) is 26.0 Å². The van der Waals surface area contributed by atoms with Crippen LogP contribution in [0.3, 0.4) is 0 Å². The Balaban J connectivity index is 2.83. The van der Waals surface area contributed by atoms with Crippen molar-refractivity contribution < 1.29 is 4.79 Å². The summed E-state index contributed by atoms with van der Waals surface area (Å²) in [4.78, 5) is 13.3. The number of benzene rings is 1. The Morgan fingerprint density at radius 1 is 1.29 bits per heavy atom. The molecule has 1 rings (SSSR count). The lowest BCUT2D eigenvalue weighted by Gasteiger charge is -2.21. The van der Waals surface area contributed by atoms with E-state index < -0.39 is 0 Å². The van der Waals surface area contributed by atoms with Crippen LogP contribution in [0.5, 0.6) is 0 Å². The maximum atomic E-state index is 11.6. The molecule has 3 nitrogen and oxygen atoms in total. The Kier molecular flexibility index (Phi) is 5.16. The summed E-state index contributed by atoms with van der Waals surface area (Å²) in [5.74, 6) is 0.578. The van der Waals surface area contributed by atoms with Crippen molar-refractivity contribution in [3.05, 3.63) is 29.8 Å². The first-order valence-corrected chi connectivity index (χ1v) is 6.14. The number of carbonyl (C=O) groups is 1. The molecule has 0 saturated heterocycles. The largest absolute Gasteiger partial charge is 0.330 e. The molecule has 0 fully saturated rings. The Morgan fingerprint density at radius 3 is 2.29 bits per heavy atom. The molecule has 0 aliphatic heterocycles. The topological polar surface area (TPSA) is 46.3 Å². The summed E-state index contributed by atoms with van der Waals surface area (Å²) in [7, 11) is 0. The van der Waals surface area contributed by atoms with Crippen LogP contribution in [0.15, 0.2) is 24.3 Å². The van der Waals surface area contributed by atoms with Gasteiger partial charge in [-0.05, 0) is 36.6 Å². The molecule has 0 atom stereocenters. The molecule has 0 aliphatic rings. The summed E-state index contributed by atoms with van der Waals surface area (Å²) in [6.45, 7) is 7.20. The van der Waals surface area contributed by atoms with Crippen LogP contribution in [0, 0.1) is 0 Å². The molecular weight excluding hydrogens is 212 g/mol. The molecule has 0 radical (unpaired) electrons. The molecule has 1 aromatic carbocycles. The number of anilines is 1. The highest BCUT2D eigenvalue weighted by atomic mass is 16.2. The second-order valence-corrected chi connectivity index (χ2v) is 4.56. The summed E-state index contributed by atoms with van der Waals surface area (Å²) in [5, 5.41) is 0. The van der Waals surface area contributed by atoms with Crippen molar-refractivity contribution >= 4 is 11.6 Å². The summed E-state index contributed by atoms with van der Waals surface area (Å²) < 4.78 is 0. The van der Waals surface area contributed by atoms with Gasteiger partial charge in [-0.25, -0.2) is 0 Å². The third-order valence-electron chi connectivity index (χ3n) is 2.84. The molecule has 17 heavy (non-hydrogen) atoms. The molecule has 0 aliphatic carbocycles. The monoisotopic (exact) mass is 234 g/mol. The maximum absolute atomic E-state index is 11.6. The molecule has 0 spiro atoms. The van der Waals surface area contributed by atoms with Gasteiger partial charge in [0.05, 0.1) is 0 Å². The van der Waals surface area contributed by atoms with E-state index in [0.717, 1.165) is 12.1 Å². The number of amides is 1. The van der Waals surface area contributed by atoms with Crippen molar-refractivity contribution in [3.63, 3.8) is 0 Å². The first kappa shape index (κ1) is 13.7. The van der Waals surface area contributed by atoms with E-state index in [1.54, 1.807) is 11.8 Å². The second kappa shape index (κ2) is 6.40. The van der Waals surface area contributed by atoms with Gasteiger partial charge < -0.3 is 10.6 Å². The third kappa shape index (κ3) is 3.86. The van der Waals surface area contributed by atoms with Crippen LogP contribution in [0.2, 0.25) is 0 Å². The van der Waals surface area contributed by atoms with E-state index in [1.807, 2.05) is 12.1 Å². The fraction of sp³-hybridized carbons (Fsp3) is 0.500. The van der Waals surface area contributed by atoms with Gasteiger partial charge in [0.25, 0.3) is 0 Å². The van der Waals surface area contributed by atoms with E-state index in [4.69, 9.17) is 5.73 Å². The predicted molar refractivity (Wildman–Crippen MR) is 72.2 cm³/mol. The predicted octanol–water partition coefficient (Wildman–Crippen LogP) is 2.51. The van der Waals surface area contributed by atoms with Gasteiger partial charge >= 0.3 is 0 Å². The van der Waals surface area contributed by atoms with Gasteiger partial charge in [0, 0.05) is 19.2 Å². The van der Waals surface area contributed by atoms with E-state index >= 15 is 0 Å². The van der Waals surface area contributed by atoms with Crippen molar-refractivity contribution in [1.29, 1.82) is 0 Å². The minimum absolute atomic E-state index is 0.0655. The zero-order chi connectivity index (χ0) is 12.8. The van der Waals surface area contributed by atoms with Crippen LogP contribution in [0.4, 0.5) is 5.69 Å². The van der Waals surface area contributed by atoms with E-state index in [2.05, 4.69) is 26.0 Å². The third-order valence-corrected chi connectivity index (χ3v) is 2.84. The molecule has 0 saturated carbocycles. The molecule has 1 aromatic rings. The van der Waals surface area contributed by atoms with Crippen molar-refractivity contribution in [2.75, 3.05) is 18.0 Å². The zero-order valence-corrected chi connectivity index (χ0v) is 10.9. The number of nitrogens with two attached hydrogens (primary N) is 1. The van der Waals surface area contributed by atoms with Crippen molar-refractivity contribution in [3.8, 4) is 0 Å². The van der Waals surface area contributed by atoms with Gasteiger partial charge in [-0.2, -0.15) is 0 Å². The Hall–Kier alpha value is -1.35. The zero-order valence-electron chi connectivity index (χ0n) is 10.9. The fourth-order valence-electron chi connectivity index (χ4n) is 1.76. The molecule has 2 N–H and O–H groups in total. The summed E-state index contributed by atoms with van der Waals surface area (Å²) >= 11 is 0. The molecule has 94 valence electrons. The van der Waals surface area contributed by atoms with Gasteiger partial charge in [0.1, 0.15) is 0 Å². The highest BCUT2D eigenvalue weighted by Gasteiger charge is 2.10. The Morgan fingerprint density at radius 2 is 1.88 bits per heavy atom. The molecular formula is C14H22N2O. The number of nitrogens with zero attached hydrogens (tertiary/aromatic N) is 1. The van der Waals surface area contributed by atoms with Crippen molar-refractivity contribution in [2.24, 2.45) is 5.73 Å². The lowest BCUT2D eigenvalue weighted by Crippen LogP contribution is -2.30. The first-order chi connectivity index (χ1) is 8.06. The van der Waals surface area contributed by atoms with Gasteiger partial charge in [0.2, 0.25) is 5.91 Å². The van der Waals surface area contributed by atoms with Crippen LogP contribution in [0.1, 0.15) is 38.7 Å². The van der Waals surface area contributed by atoms with Crippen LogP contribution in [0.25, 0.3) is 0 Å². The highest BCUT2D eigenvalue weighted by molar-refractivity contribution is 5.91. The van der Waals surface area contributed by atoms with Gasteiger partial charge in [-0.3, -0.25) is 4.79 Å². The number of rotatable bonds is 5. The minimum atomic E-state index is 0.0655. The van der Waals surface area contributed by atoms with Crippen LogP contribution < -0.4 is 10.6 Å².